The number of aliphatic hydroxyl groups is 1. The monoisotopic (exact) mass is 275 g/mol. The fourth-order valence-corrected chi connectivity index (χ4v) is 3.61. The molecule has 3 heteroatoms. The van der Waals surface area contributed by atoms with Gasteiger partial charge in [-0.05, 0) is 24.3 Å². The average Bonchev–Trinajstić information content (AvgIpc) is 2.41. The predicted molar refractivity (Wildman–Crippen MR) is 79.4 cm³/mol. The fourth-order valence-electron chi connectivity index (χ4n) is 3.61. The van der Waals surface area contributed by atoms with Crippen molar-refractivity contribution in [3.8, 4) is 0 Å². The summed E-state index contributed by atoms with van der Waals surface area (Å²) in [6.45, 7) is 6.72. The Morgan fingerprint density at radius 2 is 1.80 bits per heavy atom. The molecule has 2 unspecified atom stereocenters. The first-order valence-corrected chi connectivity index (χ1v) is 7.68. The third kappa shape index (κ3) is 2.62. The Kier molecular flexibility index (Phi) is 3.85. The maximum absolute atomic E-state index is 10.9. The zero-order valence-electron chi connectivity index (χ0n) is 12.5. The molecule has 0 amide bonds. The molecule has 2 saturated heterocycles. The van der Waals surface area contributed by atoms with Crippen molar-refractivity contribution in [2.45, 2.75) is 50.9 Å². The van der Waals surface area contributed by atoms with Crippen molar-refractivity contribution in [2.24, 2.45) is 5.92 Å². The van der Waals surface area contributed by atoms with Gasteiger partial charge in [-0.3, -0.25) is 4.90 Å². The number of benzene rings is 1. The van der Waals surface area contributed by atoms with Crippen molar-refractivity contribution >= 4 is 0 Å². The van der Waals surface area contributed by atoms with Gasteiger partial charge in [0.1, 0.15) is 0 Å². The number of ether oxygens (including phenoxy) is 1. The molecule has 0 aromatic heterocycles. The van der Waals surface area contributed by atoms with E-state index in [0.29, 0.717) is 18.0 Å². The molecule has 0 spiro atoms. The van der Waals surface area contributed by atoms with Crippen LogP contribution < -0.4 is 0 Å². The Morgan fingerprint density at radius 1 is 1.20 bits per heavy atom. The van der Waals surface area contributed by atoms with E-state index in [9.17, 15) is 5.11 Å². The van der Waals surface area contributed by atoms with Crippen LogP contribution in [0.1, 0.15) is 32.3 Å². The van der Waals surface area contributed by atoms with Crippen LogP contribution in [0.4, 0.5) is 0 Å². The molecule has 2 aliphatic rings. The summed E-state index contributed by atoms with van der Waals surface area (Å²) in [5.74, 6) is 0.310. The zero-order valence-corrected chi connectivity index (χ0v) is 12.5. The lowest BCUT2D eigenvalue weighted by molar-refractivity contribution is -0.160. The van der Waals surface area contributed by atoms with Gasteiger partial charge in [0, 0.05) is 18.6 Å². The van der Waals surface area contributed by atoms with Crippen molar-refractivity contribution in [3.63, 3.8) is 0 Å². The quantitative estimate of drug-likeness (QED) is 0.919. The SMILES string of the molecule is CC(C)C1(O)CC2COCC(C1)N2Cc1ccccc1. The van der Waals surface area contributed by atoms with Crippen LogP contribution in [0, 0.1) is 5.92 Å². The van der Waals surface area contributed by atoms with E-state index in [1.165, 1.54) is 5.56 Å². The molecule has 1 aromatic carbocycles. The molecule has 3 rings (SSSR count). The van der Waals surface area contributed by atoms with E-state index >= 15 is 0 Å². The largest absolute Gasteiger partial charge is 0.389 e. The number of morpholine rings is 1. The van der Waals surface area contributed by atoms with Crippen LogP contribution in [0.3, 0.4) is 0 Å². The highest BCUT2D eigenvalue weighted by atomic mass is 16.5. The van der Waals surface area contributed by atoms with Crippen LogP contribution in [0.2, 0.25) is 0 Å². The zero-order chi connectivity index (χ0) is 14.2. The summed E-state index contributed by atoms with van der Waals surface area (Å²) in [6, 6.07) is 11.3. The van der Waals surface area contributed by atoms with Gasteiger partial charge in [0.2, 0.25) is 0 Å². The number of hydrogen-bond donors (Lipinski definition) is 1. The Labute approximate surface area is 121 Å². The number of rotatable bonds is 3. The van der Waals surface area contributed by atoms with Crippen LogP contribution in [0.25, 0.3) is 0 Å². The second kappa shape index (κ2) is 5.47. The molecule has 0 saturated carbocycles. The number of piperidine rings is 1. The molecule has 0 aliphatic carbocycles. The summed E-state index contributed by atoms with van der Waals surface area (Å²) in [5, 5.41) is 10.9. The highest BCUT2D eigenvalue weighted by molar-refractivity contribution is 5.15. The van der Waals surface area contributed by atoms with E-state index in [0.717, 1.165) is 32.6 Å². The van der Waals surface area contributed by atoms with Crippen molar-refractivity contribution in [1.29, 1.82) is 0 Å². The molecule has 1 aromatic rings. The summed E-state index contributed by atoms with van der Waals surface area (Å²) in [6.07, 6.45) is 1.65. The topological polar surface area (TPSA) is 32.7 Å². The van der Waals surface area contributed by atoms with E-state index < -0.39 is 5.60 Å². The van der Waals surface area contributed by atoms with Gasteiger partial charge in [-0.2, -0.15) is 0 Å². The summed E-state index contributed by atoms with van der Waals surface area (Å²) in [5.41, 5.74) is 0.825. The lowest BCUT2D eigenvalue weighted by Gasteiger charge is -2.53. The average molecular weight is 275 g/mol. The lowest BCUT2D eigenvalue weighted by Crippen LogP contribution is -2.62. The minimum Gasteiger partial charge on any atom is -0.389 e. The van der Waals surface area contributed by atoms with Crippen molar-refractivity contribution in [1.82, 2.24) is 4.90 Å². The van der Waals surface area contributed by atoms with Crippen LogP contribution in [-0.4, -0.2) is 40.9 Å². The van der Waals surface area contributed by atoms with Crippen LogP contribution in [-0.2, 0) is 11.3 Å². The molecule has 2 bridgehead atoms. The third-order valence-electron chi connectivity index (χ3n) is 5.02. The molecule has 2 heterocycles. The van der Waals surface area contributed by atoms with E-state index in [1.54, 1.807) is 0 Å². The number of nitrogens with zero attached hydrogens (tertiary/aromatic N) is 1. The second-order valence-corrected chi connectivity index (χ2v) is 6.67. The van der Waals surface area contributed by atoms with E-state index in [-0.39, 0.29) is 0 Å². The molecule has 110 valence electrons. The minimum atomic E-state index is -0.522. The first kappa shape index (κ1) is 14.1. The Balaban J connectivity index is 1.77. The van der Waals surface area contributed by atoms with Crippen molar-refractivity contribution in [3.05, 3.63) is 35.9 Å². The maximum atomic E-state index is 10.9. The summed E-state index contributed by atoms with van der Waals surface area (Å²) in [4.78, 5) is 2.54. The molecule has 0 radical (unpaired) electrons. The summed E-state index contributed by atoms with van der Waals surface area (Å²) >= 11 is 0. The Hall–Kier alpha value is -0.900. The first-order valence-electron chi connectivity index (χ1n) is 7.68. The van der Waals surface area contributed by atoms with Crippen LogP contribution in [0.15, 0.2) is 30.3 Å². The lowest BCUT2D eigenvalue weighted by atomic mass is 9.74. The Bertz CT molecular complexity index is 432. The van der Waals surface area contributed by atoms with Crippen LogP contribution in [0.5, 0.6) is 0 Å². The van der Waals surface area contributed by atoms with Crippen LogP contribution >= 0.6 is 0 Å². The van der Waals surface area contributed by atoms with Crippen molar-refractivity contribution in [2.75, 3.05) is 13.2 Å². The van der Waals surface area contributed by atoms with Gasteiger partial charge in [-0.25, -0.2) is 0 Å². The molecule has 3 nitrogen and oxygen atoms in total. The molecule has 2 aliphatic heterocycles. The van der Waals surface area contributed by atoms with Gasteiger partial charge in [0.25, 0.3) is 0 Å². The smallest absolute Gasteiger partial charge is 0.0702 e. The normalized spacial score (nSPS) is 34.4. The first-order chi connectivity index (χ1) is 9.58. The predicted octanol–water partition coefficient (Wildman–Crippen LogP) is 2.44. The Morgan fingerprint density at radius 3 is 2.35 bits per heavy atom. The minimum absolute atomic E-state index is 0.310. The maximum Gasteiger partial charge on any atom is 0.0702 e. The second-order valence-electron chi connectivity index (χ2n) is 6.67. The summed E-state index contributed by atoms with van der Waals surface area (Å²) < 4.78 is 5.72. The summed E-state index contributed by atoms with van der Waals surface area (Å²) in [7, 11) is 0. The van der Waals surface area contributed by atoms with Crippen molar-refractivity contribution < 1.29 is 9.84 Å². The van der Waals surface area contributed by atoms with Gasteiger partial charge in [0.05, 0.1) is 18.8 Å². The van der Waals surface area contributed by atoms with Gasteiger partial charge < -0.3 is 9.84 Å². The molecule has 2 fully saturated rings. The molecule has 1 N–H and O–H groups in total. The third-order valence-corrected chi connectivity index (χ3v) is 5.02. The van der Waals surface area contributed by atoms with Gasteiger partial charge >= 0.3 is 0 Å². The standard InChI is InChI=1S/C17H25NO2/c1-13(2)17(19)8-15-11-20-12-16(9-17)18(15)10-14-6-4-3-5-7-14/h3-7,13,15-16,19H,8-12H2,1-2H3. The molecule has 20 heavy (non-hydrogen) atoms. The molecular formula is C17H25NO2. The highest BCUT2D eigenvalue weighted by Gasteiger charge is 2.47. The highest BCUT2D eigenvalue weighted by Crippen LogP contribution is 2.39. The van der Waals surface area contributed by atoms with Gasteiger partial charge in [-0.15, -0.1) is 0 Å². The van der Waals surface area contributed by atoms with Gasteiger partial charge in [0.15, 0.2) is 0 Å². The van der Waals surface area contributed by atoms with E-state index in [2.05, 4.69) is 49.1 Å². The van der Waals surface area contributed by atoms with Gasteiger partial charge in [-0.1, -0.05) is 44.2 Å². The molecular weight excluding hydrogens is 250 g/mol. The number of hydrogen-bond acceptors (Lipinski definition) is 3. The van der Waals surface area contributed by atoms with E-state index in [1.807, 2.05) is 0 Å². The molecule has 2 atom stereocenters. The fraction of sp³-hybridized carbons (Fsp3) is 0.647. The van der Waals surface area contributed by atoms with E-state index in [4.69, 9.17) is 4.74 Å². The number of fused-ring (bicyclic) bond motifs is 2.